The van der Waals surface area contributed by atoms with Crippen molar-refractivity contribution in [2.75, 3.05) is 14.1 Å². The van der Waals surface area contributed by atoms with Crippen LogP contribution in [0.2, 0.25) is 0 Å². The zero-order valence-corrected chi connectivity index (χ0v) is 20.4. The largest absolute Gasteiger partial charge is 0.303 e. The van der Waals surface area contributed by atoms with Crippen molar-refractivity contribution in [3.63, 3.8) is 0 Å². The molecule has 1 aromatic carbocycles. The fourth-order valence-electron chi connectivity index (χ4n) is 4.31. The number of hydrogen-bond acceptors (Lipinski definition) is 1. The summed E-state index contributed by atoms with van der Waals surface area (Å²) in [5.41, 5.74) is 3.07. The van der Waals surface area contributed by atoms with Gasteiger partial charge in [0.05, 0.1) is 0 Å². The Bertz CT molecular complexity index is 479. The van der Waals surface area contributed by atoms with E-state index in [2.05, 4.69) is 57.1 Å². The number of aryl methyl sites for hydroxylation is 1. The van der Waals surface area contributed by atoms with Crippen LogP contribution in [0.4, 0.5) is 0 Å². The van der Waals surface area contributed by atoms with Crippen LogP contribution in [0.3, 0.4) is 0 Å². The minimum Gasteiger partial charge on any atom is -0.303 e. The van der Waals surface area contributed by atoms with Gasteiger partial charge in [-0.3, -0.25) is 0 Å². The first-order valence-corrected chi connectivity index (χ1v) is 12.9. The zero-order chi connectivity index (χ0) is 21.2. The fourth-order valence-corrected chi connectivity index (χ4v) is 4.31. The summed E-state index contributed by atoms with van der Waals surface area (Å²) >= 11 is 0. The maximum absolute atomic E-state index is 2.33. The molecule has 0 spiro atoms. The molecule has 29 heavy (non-hydrogen) atoms. The number of rotatable bonds is 19. The molecule has 1 rings (SSSR count). The van der Waals surface area contributed by atoms with Crippen LogP contribution in [-0.2, 0) is 6.42 Å². The van der Waals surface area contributed by atoms with E-state index < -0.39 is 0 Å². The first kappa shape index (κ1) is 26.2. The van der Waals surface area contributed by atoms with Crippen molar-refractivity contribution >= 4 is 0 Å². The smallest absolute Gasteiger partial charge is 0.0316 e. The van der Waals surface area contributed by atoms with Crippen molar-refractivity contribution < 1.29 is 0 Å². The molecule has 1 heteroatoms. The average molecular weight is 402 g/mol. The highest BCUT2D eigenvalue weighted by Crippen LogP contribution is 2.23. The van der Waals surface area contributed by atoms with Crippen molar-refractivity contribution in [1.29, 1.82) is 0 Å². The molecular formula is C28H51N. The third-order valence-corrected chi connectivity index (χ3v) is 6.58. The number of unbranched alkanes of at least 4 members (excludes halogenated alkanes) is 15. The quantitative estimate of drug-likeness (QED) is 0.209. The van der Waals surface area contributed by atoms with Gasteiger partial charge in [0.1, 0.15) is 0 Å². The van der Waals surface area contributed by atoms with Gasteiger partial charge in [0.15, 0.2) is 0 Å². The van der Waals surface area contributed by atoms with E-state index >= 15 is 0 Å². The molecule has 1 aromatic rings. The molecule has 0 saturated heterocycles. The molecule has 168 valence electrons. The maximum Gasteiger partial charge on any atom is 0.0316 e. The normalized spacial score (nSPS) is 12.6. The van der Waals surface area contributed by atoms with E-state index in [-0.39, 0.29) is 0 Å². The van der Waals surface area contributed by atoms with Crippen molar-refractivity contribution in [2.24, 2.45) is 0 Å². The van der Waals surface area contributed by atoms with Crippen molar-refractivity contribution in [3.05, 3.63) is 35.4 Å². The highest BCUT2D eigenvalue weighted by Gasteiger charge is 2.11. The fraction of sp³-hybridized carbons (Fsp3) is 0.786. The highest BCUT2D eigenvalue weighted by molar-refractivity contribution is 5.29. The summed E-state index contributed by atoms with van der Waals surface area (Å²) in [6.45, 7) is 4.61. The molecule has 0 amide bonds. The minimum atomic E-state index is 0.507. The van der Waals surface area contributed by atoms with E-state index in [4.69, 9.17) is 0 Å². The Morgan fingerprint density at radius 2 is 1.03 bits per heavy atom. The van der Waals surface area contributed by atoms with Gasteiger partial charge in [0.25, 0.3) is 0 Å². The van der Waals surface area contributed by atoms with Crippen LogP contribution in [-0.4, -0.2) is 19.0 Å². The van der Waals surface area contributed by atoms with E-state index in [9.17, 15) is 0 Å². The molecule has 0 N–H and O–H groups in total. The molecule has 0 aliphatic heterocycles. The van der Waals surface area contributed by atoms with Gasteiger partial charge >= 0.3 is 0 Å². The van der Waals surface area contributed by atoms with Gasteiger partial charge in [0.2, 0.25) is 0 Å². The predicted molar refractivity (Wildman–Crippen MR) is 132 cm³/mol. The van der Waals surface area contributed by atoms with E-state index in [1.54, 1.807) is 5.56 Å². The summed E-state index contributed by atoms with van der Waals surface area (Å²) in [6.07, 6.45) is 24.3. The Morgan fingerprint density at radius 1 is 0.621 bits per heavy atom. The van der Waals surface area contributed by atoms with Crippen molar-refractivity contribution in [1.82, 2.24) is 4.90 Å². The lowest BCUT2D eigenvalue weighted by atomic mass is 9.96. The Morgan fingerprint density at radius 3 is 1.48 bits per heavy atom. The van der Waals surface area contributed by atoms with E-state index in [1.807, 2.05) is 0 Å². The third-order valence-electron chi connectivity index (χ3n) is 6.58. The summed E-state index contributed by atoms with van der Waals surface area (Å²) in [5, 5.41) is 0. The van der Waals surface area contributed by atoms with Crippen LogP contribution in [0.15, 0.2) is 24.3 Å². The summed E-state index contributed by atoms with van der Waals surface area (Å²) in [7, 11) is 4.35. The second kappa shape index (κ2) is 18.0. The summed E-state index contributed by atoms with van der Waals surface area (Å²) < 4.78 is 0. The molecule has 0 fully saturated rings. The lowest BCUT2D eigenvalue weighted by Gasteiger charge is -2.23. The van der Waals surface area contributed by atoms with Crippen LogP contribution in [0.1, 0.15) is 134 Å². The van der Waals surface area contributed by atoms with E-state index in [0.717, 1.165) is 0 Å². The molecule has 0 aliphatic rings. The second-order valence-corrected chi connectivity index (χ2v) is 9.39. The molecular weight excluding hydrogens is 350 g/mol. The lowest BCUT2D eigenvalue weighted by Crippen LogP contribution is -2.18. The second-order valence-electron chi connectivity index (χ2n) is 9.39. The molecule has 0 aliphatic carbocycles. The van der Waals surface area contributed by atoms with Crippen molar-refractivity contribution in [2.45, 2.75) is 129 Å². The number of benzene rings is 1. The lowest BCUT2D eigenvalue weighted by molar-refractivity contribution is 0.319. The standard InChI is InChI=1S/C28H51N/c1-5-6-7-8-9-10-11-12-13-14-15-16-17-18-19-20-23-27-24-21-22-25-28(27)26(2)29(3)4/h21-22,24-26H,5-20,23H2,1-4H3. The highest BCUT2D eigenvalue weighted by atomic mass is 15.1. The molecule has 0 aromatic heterocycles. The molecule has 0 heterocycles. The van der Waals surface area contributed by atoms with Gasteiger partial charge in [-0.1, -0.05) is 128 Å². The number of nitrogens with zero attached hydrogens (tertiary/aromatic N) is 1. The van der Waals surface area contributed by atoms with Crippen LogP contribution < -0.4 is 0 Å². The van der Waals surface area contributed by atoms with Gasteiger partial charge < -0.3 is 4.90 Å². The molecule has 0 radical (unpaired) electrons. The molecule has 1 nitrogen and oxygen atoms in total. The minimum absolute atomic E-state index is 0.507. The average Bonchev–Trinajstić information content (AvgIpc) is 2.73. The molecule has 1 unspecified atom stereocenters. The third kappa shape index (κ3) is 13.2. The van der Waals surface area contributed by atoms with Gasteiger partial charge in [-0.15, -0.1) is 0 Å². The van der Waals surface area contributed by atoms with Gasteiger partial charge in [-0.2, -0.15) is 0 Å². The zero-order valence-electron chi connectivity index (χ0n) is 20.4. The Hall–Kier alpha value is -0.820. The summed E-state index contributed by atoms with van der Waals surface area (Å²) in [5.74, 6) is 0. The summed E-state index contributed by atoms with van der Waals surface area (Å²) in [4.78, 5) is 2.31. The van der Waals surface area contributed by atoms with E-state index in [1.165, 1.54) is 115 Å². The Kier molecular flexibility index (Phi) is 16.3. The first-order valence-electron chi connectivity index (χ1n) is 12.9. The number of hydrogen-bond donors (Lipinski definition) is 0. The van der Waals surface area contributed by atoms with Gasteiger partial charge in [0, 0.05) is 6.04 Å². The topological polar surface area (TPSA) is 3.24 Å². The van der Waals surface area contributed by atoms with Crippen molar-refractivity contribution in [3.8, 4) is 0 Å². The SMILES string of the molecule is CCCCCCCCCCCCCCCCCCc1ccccc1C(C)N(C)C. The van der Waals surface area contributed by atoms with Crippen LogP contribution in [0.25, 0.3) is 0 Å². The first-order chi connectivity index (χ1) is 14.2. The van der Waals surface area contributed by atoms with E-state index in [0.29, 0.717) is 6.04 Å². The Labute approximate surface area is 183 Å². The maximum atomic E-state index is 2.33. The van der Waals surface area contributed by atoms with Crippen LogP contribution in [0, 0.1) is 0 Å². The van der Waals surface area contributed by atoms with Gasteiger partial charge in [-0.25, -0.2) is 0 Å². The molecule has 0 saturated carbocycles. The van der Waals surface area contributed by atoms with Crippen LogP contribution >= 0.6 is 0 Å². The van der Waals surface area contributed by atoms with Gasteiger partial charge in [-0.05, 0) is 45.0 Å². The predicted octanol–water partition coefficient (Wildman–Crippen LogP) is 9.11. The monoisotopic (exact) mass is 401 g/mol. The summed E-state index contributed by atoms with van der Waals surface area (Å²) in [6, 6.07) is 9.54. The Balaban J connectivity index is 1.93. The van der Waals surface area contributed by atoms with Crippen LogP contribution in [0.5, 0.6) is 0 Å². The molecule has 1 atom stereocenters. The molecule has 0 bridgehead atoms.